The van der Waals surface area contributed by atoms with Crippen molar-refractivity contribution in [1.82, 2.24) is 9.80 Å². The molecule has 22 heavy (non-hydrogen) atoms. The van der Waals surface area contributed by atoms with Gasteiger partial charge in [-0.25, -0.2) is 0 Å². The number of amides is 1. The Morgan fingerprint density at radius 3 is 2.45 bits per heavy atom. The predicted octanol–water partition coefficient (Wildman–Crippen LogP) is 3.11. The molecule has 1 atom stereocenters. The van der Waals surface area contributed by atoms with Gasteiger partial charge >= 0.3 is 0 Å². The van der Waals surface area contributed by atoms with E-state index in [4.69, 9.17) is 0 Å². The van der Waals surface area contributed by atoms with E-state index in [2.05, 4.69) is 35.9 Å². The van der Waals surface area contributed by atoms with Crippen molar-refractivity contribution in [2.75, 3.05) is 33.2 Å². The van der Waals surface area contributed by atoms with Crippen LogP contribution in [0.5, 0.6) is 0 Å². The summed E-state index contributed by atoms with van der Waals surface area (Å²) in [6.45, 7) is 8.42. The minimum absolute atomic E-state index is 0.233. The molecule has 0 aromatic heterocycles. The number of hydrogen-bond acceptors (Lipinski definition) is 2. The molecule has 0 aliphatic carbocycles. The van der Waals surface area contributed by atoms with E-state index in [1.165, 1.54) is 37.9 Å². The van der Waals surface area contributed by atoms with Crippen LogP contribution < -0.4 is 0 Å². The van der Waals surface area contributed by atoms with E-state index in [1.807, 2.05) is 13.0 Å². The lowest BCUT2D eigenvalue weighted by atomic mass is 9.84. The summed E-state index contributed by atoms with van der Waals surface area (Å²) in [7, 11) is 2.21. The third kappa shape index (κ3) is 3.19. The molecule has 3 heteroatoms. The molecular weight excluding hydrogens is 272 g/mol. The number of nitrogens with zero attached hydrogens (tertiary/aromatic N) is 2. The molecule has 0 N–H and O–H groups in total. The maximum atomic E-state index is 12.8. The van der Waals surface area contributed by atoms with Crippen LogP contribution in [-0.4, -0.2) is 48.9 Å². The summed E-state index contributed by atoms with van der Waals surface area (Å²) in [6.07, 6.45) is 3.78. The first-order valence-corrected chi connectivity index (χ1v) is 8.59. The Morgan fingerprint density at radius 2 is 1.73 bits per heavy atom. The minimum Gasteiger partial charge on any atom is -0.338 e. The molecule has 1 aromatic rings. The number of piperidine rings is 1. The van der Waals surface area contributed by atoms with Crippen LogP contribution in [0.25, 0.3) is 0 Å². The third-order valence-electron chi connectivity index (χ3n) is 5.57. The smallest absolute Gasteiger partial charge is 0.254 e. The van der Waals surface area contributed by atoms with Crippen molar-refractivity contribution in [2.24, 2.45) is 11.8 Å². The first kappa shape index (κ1) is 15.5. The maximum Gasteiger partial charge on any atom is 0.254 e. The van der Waals surface area contributed by atoms with E-state index in [9.17, 15) is 4.79 Å². The second kappa shape index (κ2) is 6.41. The van der Waals surface area contributed by atoms with E-state index in [0.717, 1.165) is 30.1 Å². The normalized spacial score (nSPS) is 24.0. The lowest BCUT2D eigenvalue weighted by Crippen LogP contribution is -2.35. The molecule has 2 aliphatic rings. The zero-order chi connectivity index (χ0) is 15.7. The molecule has 3 nitrogen and oxygen atoms in total. The van der Waals surface area contributed by atoms with E-state index in [1.54, 1.807) is 0 Å². The van der Waals surface area contributed by atoms with Crippen LogP contribution in [0.2, 0.25) is 0 Å². The summed E-state index contributed by atoms with van der Waals surface area (Å²) in [6, 6.07) is 6.19. The van der Waals surface area contributed by atoms with Gasteiger partial charge in [0.15, 0.2) is 0 Å². The van der Waals surface area contributed by atoms with Crippen molar-refractivity contribution < 1.29 is 4.79 Å². The van der Waals surface area contributed by atoms with E-state index in [-0.39, 0.29) is 5.91 Å². The maximum absolute atomic E-state index is 12.8. The van der Waals surface area contributed by atoms with Crippen LogP contribution in [-0.2, 0) is 0 Å². The van der Waals surface area contributed by atoms with Gasteiger partial charge in [-0.15, -0.1) is 0 Å². The summed E-state index contributed by atoms with van der Waals surface area (Å²) in [4.78, 5) is 17.3. The quantitative estimate of drug-likeness (QED) is 0.838. The fourth-order valence-corrected chi connectivity index (χ4v) is 3.99. The van der Waals surface area contributed by atoms with Crippen LogP contribution in [0, 0.1) is 25.7 Å². The van der Waals surface area contributed by atoms with Gasteiger partial charge in [-0.05, 0) is 76.7 Å². The highest BCUT2D eigenvalue weighted by Gasteiger charge is 2.33. The Labute approximate surface area is 134 Å². The lowest BCUT2D eigenvalue weighted by Gasteiger charge is -2.32. The van der Waals surface area contributed by atoms with Crippen LogP contribution in [0.1, 0.15) is 40.7 Å². The fraction of sp³-hybridized carbons (Fsp3) is 0.632. The second-order valence-electron chi connectivity index (χ2n) is 7.26. The number of benzene rings is 1. The highest BCUT2D eigenvalue weighted by Crippen LogP contribution is 2.32. The topological polar surface area (TPSA) is 23.6 Å². The molecule has 120 valence electrons. The molecule has 2 fully saturated rings. The molecule has 0 radical (unpaired) electrons. The first-order valence-electron chi connectivity index (χ1n) is 8.59. The van der Waals surface area contributed by atoms with Gasteiger partial charge in [0.05, 0.1) is 0 Å². The number of likely N-dealkylation sites (tertiary alicyclic amines) is 2. The van der Waals surface area contributed by atoms with Crippen molar-refractivity contribution in [3.05, 3.63) is 34.9 Å². The summed E-state index contributed by atoms with van der Waals surface area (Å²) < 4.78 is 0. The summed E-state index contributed by atoms with van der Waals surface area (Å²) >= 11 is 0. The average Bonchev–Trinajstić information content (AvgIpc) is 2.99. The van der Waals surface area contributed by atoms with Crippen molar-refractivity contribution in [3.8, 4) is 0 Å². The lowest BCUT2D eigenvalue weighted by molar-refractivity contribution is 0.0775. The number of carbonyl (C=O) groups is 1. The highest BCUT2D eigenvalue weighted by atomic mass is 16.2. The Bertz CT molecular complexity index is 546. The molecule has 3 rings (SSSR count). The number of rotatable bonds is 2. The van der Waals surface area contributed by atoms with E-state index >= 15 is 0 Å². The molecule has 0 bridgehead atoms. The monoisotopic (exact) mass is 300 g/mol. The molecular formula is C19H28N2O. The Kier molecular flexibility index (Phi) is 4.53. The number of aryl methyl sites for hydroxylation is 2. The largest absolute Gasteiger partial charge is 0.338 e. The third-order valence-corrected chi connectivity index (χ3v) is 5.57. The van der Waals surface area contributed by atoms with E-state index in [0.29, 0.717) is 5.92 Å². The molecule has 1 amide bonds. The highest BCUT2D eigenvalue weighted by molar-refractivity contribution is 5.96. The van der Waals surface area contributed by atoms with Gasteiger partial charge in [0.2, 0.25) is 0 Å². The van der Waals surface area contributed by atoms with Gasteiger partial charge in [0.25, 0.3) is 5.91 Å². The zero-order valence-corrected chi connectivity index (χ0v) is 14.1. The predicted molar refractivity (Wildman–Crippen MR) is 90.1 cm³/mol. The van der Waals surface area contributed by atoms with E-state index < -0.39 is 0 Å². The summed E-state index contributed by atoms with van der Waals surface area (Å²) in [5.41, 5.74) is 3.15. The molecule has 2 heterocycles. The minimum atomic E-state index is 0.233. The Hall–Kier alpha value is -1.35. The molecule has 1 aromatic carbocycles. The van der Waals surface area contributed by atoms with Crippen LogP contribution in [0.4, 0.5) is 0 Å². The second-order valence-corrected chi connectivity index (χ2v) is 7.26. The molecule has 0 saturated carbocycles. The molecule has 0 spiro atoms. The van der Waals surface area contributed by atoms with Crippen LogP contribution >= 0.6 is 0 Å². The Balaban J connectivity index is 1.65. The van der Waals surface area contributed by atoms with Gasteiger partial charge in [-0.2, -0.15) is 0 Å². The SMILES string of the molecule is Cc1ccc(C)c(C(=O)N2CCC(C3CCN(C)CC3)C2)c1. The zero-order valence-electron chi connectivity index (χ0n) is 14.1. The van der Waals surface area contributed by atoms with Crippen LogP contribution in [0.3, 0.4) is 0 Å². The van der Waals surface area contributed by atoms with Crippen molar-refractivity contribution in [2.45, 2.75) is 33.1 Å². The van der Waals surface area contributed by atoms with Gasteiger partial charge in [-0.1, -0.05) is 17.7 Å². The fourth-order valence-electron chi connectivity index (χ4n) is 3.99. The number of hydrogen-bond donors (Lipinski definition) is 0. The van der Waals surface area contributed by atoms with Crippen LogP contribution in [0.15, 0.2) is 18.2 Å². The van der Waals surface area contributed by atoms with Crippen molar-refractivity contribution in [3.63, 3.8) is 0 Å². The van der Waals surface area contributed by atoms with Gasteiger partial charge in [-0.3, -0.25) is 4.79 Å². The number of carbonyl (C=O) groups excluding carboxylic acids is 1. The van der Waals surface area contributed by atoms with Crippen molar-refractivity contribution in [1.29, 1.82) is 0 Å². The standard InChI is InChI=1S/C19H28N2O/c1-14-4-5-15(2)18(12-14)19(22)21-11-8-17(13-21)16-6-9-20(3)10-7-16/h4-5,12,16-17H,6-11,13H2,1-3H3. The molecule has 1 unspecified atom stereocenters. The van der Waals surface area contributed by atoms with Crippen molar-refractivity contribution >= 4 is 5.91 Å². The van der Waals surface area contributed by atoms with Gasteiger partial charge in [0, 0.05) is 18.7 Å². The molecule has 2 aliphatic heterocycles. The first-order chi connectivity index (χ1) is 10.5. The molecule has 2 saturated heterocycles. The average molecular weight is 300 g/mol. The van der Waals surface area contributed by atoms with Gasteiger partial charge in [0.1, 0.15) is 0 Å². The van der Waals surface area contributed by atoms with Gasteiger partial charge < -0.3 is 9.80 Å². The summed E-state index contributed by atoms with van der Waals surface area (Å²) in [5.74, 6) is 1.76. The Morgan fingerprint density at radius 1 is 1.05 bits per heavy atom. The summed E-state index contributed by atoms with van der Waals surface area (Å²) in [5, 5.41) is 0.